The normalized spacial score (nSPS) is 13.1. The molecule has 0 bridgehead atoms. The molecule has 2 atom stereocenters. The van der Waals surface area contributed by atoms with Crippen molar-refractivity contribution in [1.29, 1.82) is 0 Å². The summed E-state index contributed by atoms with van der Waals surface area (Å²) in [7, 11) is -2.23. The molecule has 3 aromatic carbocycles. The largest absolute Gasteiger partial charge is 0.497 e. The van der Waals surface area contributed by atoms with Crippen molar-refractivity contribution in [2.45, 2.75) is 36.9 Å². The van der Waals surface area contributed by atoms with Crippen LogP contribution in [0, 0.1) is 6.92 Å². The lowest BCUT2D eigenvalue weighted by molar-refractivity contribution is -0.121. The molecule has 8 nitrogen and oxygen atoms in total. The molecule has 0 aliphatic rings. The highest BCUT2D eigenvalue weighted by atomic mass is 32.2. The van der Waals surface area contributed by atoms with Gasteiger partial charge in [0.2, 0.25) is 15.9 Å². The van der Waals surface area contributed by atoms with Gasteiger partial charge in [-0.25, -0.2) is 13.1 Å². The first-order chi connectivity index (χ1) is 17.3. The van der Waals surface area contributed by atoms with E-state index in [9.17, 15) is 18.3 Å². The van der Waals surface area contributed by atoms with E-state index >= 15 is 0 Å². The zero-order chi connectivity index (χ0) is 26.0. The van der Waals surface area contributed by atoms with Gasteiger partial charge in [-0.3, -0.25) is 4.79 Å². The van der Waals surface area contributed by atoms with Gasteiger partial charge in [-0.05, 0) is 48.7 Å². The van der Waals surface area contributed by atoms with Gasteiger partial charge in [-0.2, -0.15) is 0 Å². The van der Waals surface area contributed by atoms with Gasteiger partial charge in [-0.15, -0.1) is 0 Å². The molecule has 9 heteroatoms. The van der Waals surface area contributed by atoms with Crippen LogP contribution in [0.15, 0.2) is 83.8 Å². The lowest BCUT2D eigenvalue weighted by Crippen LogP contribution is -2.51. The number of benzene rings is 3. The third-order valence-electron chi connectivity index (χ3n) is 5.68. The summed E-state index contributed by atoms with van der Waals surface area (Å²) in [5.41, 5.74) is 2.87. The van der Waals surface area contributed by atoms with E-state index in [2.05, 4.69) is 15.4 Å². The first-order valence-electron chi connectivity index (χ1n) is 11.7. The third kappa shape index (κ3) is 8.46. The summed E-state index contributed by atoms with van der Waals surface area (Å²) in [6.45, 7) is 2.16. The van der Waals surface area contributed by atoms with Crippen molar-refractivity contribution < 1.29 is 23.1 Å². The van der Waals surface area contributed by atoms with E-state index < -0.39 is 34.6 Å². The van der Waals surface area contributed by atoms with Gasteiger partial charge in [0.15, 0.2) is 0 Å². The Bertz CT molecular complexity index is 1220. The van der Waals surface area contributed by atoms with Crippen LogP contribution in [-0.2, 0) is 27.8 Å². The highest BCUT2D eigenvalue weighted by Gasteiger charge is 2.23. The molecule has 0 saturated heterocycles. The number of amides is 1. The molecule has 0 aromatic heterocycles. The van der Waals surface area contributed by atoms with E-state index in [4.69, 9.17) is 4.74 Å². The summed E-state index contributed by atoms with van der Waals surface area (Å²) in [6, 6.07) is 22.8. The molecule has 0 radical (unpaired) electrons. The molecule has 192 valence electrons. The molecule has 0 spiro atoms. The summed E-state index contributed by atoms with van der Waals surface area (Å²) in [5.74, 6) is 0.218. The fourth-order valence-electron chi connectivity index (χ4n) is 3.66. The zero-order valence-corrected chi connectivity index (χ0v) is 21.3. The van der Waals surface area contributed by atoms with E-state index in [0.717, 1.165) is 22.4 Å². The van der Waals surface area contributed by atoms with Crippen LogP contribution >= 0.6 is 0 Å². The number of hydrogen-bond acceptors (Lipinski definition) is 6. The predicted molar refractivity (Wildman–Crippen MR) is 139 cm³/mol. The van der Waals surface area contributed by atoms with Gasteiger partial charge in [-0.1, -0.05) is 60.2 Å². The number of hydrogen-bond donors (Lipinski definition) is 4. The summed E-state index contributed by atoms with van der Waals surface area (Å²) in [5, 5.41) is 16.9. The number of aryl methyl sites for hydroxylation is 1. The van der Waals surface area contributed by atoms with Gasteiger partial charge >= 0.3 is 0 Å². The van der Waals surface area contributed by atoms with Crippen molar-refractivity contribution in [3.8, 4) is 5.75 Å². The van der Waals surface area contributed by atoms with Crippen molar-refractivity contribution in [3.05, 3.63) is 95.6 Å². The second-order valence-electron chi connectivity index (χ2n) is 8.55. The van der Waals surface area contributed by atoms with Crippen molar-refractivity contribution in [1.82, 2.24) is 15.4 Å². The van der Waals surface area contributed by atoms with Crippen LogP contribution in [0.2, 0.25) is 0 Å². The number of aliphatic hydroxyl groups excluding tert-OH is 1. The molecule has 0 fully saturated rings. The predicted octanol–water partition coefficient (Wildman–Crippen LogP) is 2.16. The Morgan fingerprint density at radius 2 is 1.67 bits per heavy atom. The highest BCUT2D eigenvalue weighted by molar-refractivity contribution is 7.89. The molecule has 3 rings (SSSR count). The van der Waals surface area contributed by atoms with E-state index in [1.807, 2.05) is 61.5 Å². The summed E-state index contributed by atoms with van der Waals surface area (Å²) in [4.78, 5) is 12.7. The number of aliphatic hydroxyl groups is 1. The van der Waals surface area contributed by atoms with Gasteiger partial charge in [0, 0.05) is 13.1 Å². The summed E-state index contributed by atoms with van der Waals surface area (Å²) >= 11 is 0. The Morgan fingerprint density at radius 3 is 2.36 bits per heavy atom. The SMILES string of the molecule is COc1cccc(CNC[C@@H](O)[C@H](Cc2ccccc2)NC(=O)CNS(=O)(=O)c2ccc(C)cc2)c1. The average Bonchev–Trinajstić information content (AvgIpc) is 2.88. The van der Waals surface area contributed by atoms with E-state index in [1.54, 1.807) is 19.2 Å². The van der Waals surface area contributed by atoms with Crippen molar-refractivity contribution >= 4 is 15.9 Å². The van der Waals surface area contributed by atoms with Crippen LogP contribution in [0.1, 0.15) is 16.7 Å². The monoisotopic (exact) mass is 511 g/mol. The number of rotatable bonds is 13. The molecule has 3 aromatic rings. The van der Waals surface area contributed by atoms with Crippen LogP contribution in [0.5, 0.6) is 5.75 Å². The topological polar surface area (TPSA) is 117 Å². The minimum atomic E-state index is -3.83. The summed E-state index contributed by atoms with van der Waals surface area (Å²) < 4.78 is 32.6. The van der Waals surface area contributed by atoms with Gasteiger partial charge < -0.3 is 20.5 Å². The number of methoxy groups -OCH3 is 1. The second-order valence-corrected chi connectivity index (χ2v) is 10.3. The maximum Gasteiger partial charge on any atom is 0.241 e. The molecule has 1 amide bonds. The molecular weight excluding hydrogens is 478 g/mol. The standard InChI is InChI=1S/C27H33N3O5S/c1-20-11-13-24(14-12-20)36(33,34)29-19-27(32)30-25(16-21-7-4-3-5-8-21)26(31)18-28-17-22-9-6-10-23(15-22)35-2/h3-15,25-26,28-29,31H,16-19H2,1-2H3,(H,30,32)/t25-,26+/m0/s1. The minimum Gasteiger partial charge on any atom is -0.497 e. The van der Waals surface area contributed by atoms with E-state index in [-0.39, 0.29) is 11.4 Å². The van der Waals surface area contributed by atoms with Crippen LogP contribution < -0.4 is 20.1 Å². The Hall–Kier alpha value is -3.24. The Morgan fingerprint density at radius 1 is 0.972 bits per heavy atom. The van der Waals surface area contributed by atoms with Crippen molar-refractivity contribution in [3.63, 3.8) is 0 Å². The molecular formula is C27H33N3O5S. The lowest BCUT2D eigenvalue weighted by atomic mass is 10.0. The molecule has 36 heavy (non-hydrogen) atoms. The third-order valence-corrected chi connectivity index (χ3v) is 7.10. The van der Waals surface area contributed by atoms with Gasteiger partial charge in [0.25, 0.3) is 0 Å². The number of ether oxygens (including phenoxy) is 1. The van der Waals surface area contributed by atoms with Crippen LogP contribution in [0.4, 0.5) is 0 Å². The van der Waals surface area contributed by atoms with E-state index in [0.29, 0.717) is 13.0 Å². The lowest BCUT2D eigenvalue weighted by Gasteiger charge is -2.25. The first-order valence-corrected chi connectivity index (χ1v) is 13.2. The Kier molecular flexibility index (Phi) is 10.0. The molecule has 0 heterocycles. The Labute approximate surface area is 212 Å². The number of carbonyl (C=O) groups is 1. The maximum atomic E-state index is 12.7. The molecule has 4 N–H and O–H groups in total. The number of carbonyl (C=O) groups excluding carboxylic acids is 1. The number of nitrogens with one attached hydrogen (secondary N) is 3. The fourth-order valence-corrected chi connectivity index (χ4v) is 4.64. The van der Waals surface area contributed by atoms with E-state index in [1.165, 1.54) is 12.1 Å². The smallest absolute Gasteiger partial charge is 0.241 e. The van der Waals surface area contributed by atoms with Crippen molar-refractivity contribution in [2.75, 3.05) is 20.2 Å². The van der Waals surface area contributed by atoms with Crippen LogP contribution in [-0.4, -0.2) is 51.8 Å². The van der Waals surface area contributed by atoms with Crippen molar-refractivity contribution in [2.24, 2.45) is 0 Å². The van der Waals surface area contributed by atoms with Crippen LogP contribution in [0.3, 0.4) is 0 Å². The highest BCUT2D eigenvalue weighted by Crippen LogP contribution is 2.13. The number of sulfonamides is 1. The zero-order valence-electron chi connectivity index (χ0n) is 20.5. The van der Waals surface area contributed by atoms with Crippen LogP contribution in [0.25, 0.3) is 0 Å². The van der Waals surface area contributed by atoms with Gasteiger partial charge in [0.1, 0.15) is 5.75 Å². The molecule has 0 unspecified atom stereocenters. The summed E-state index contributed by atoms with van der Waals surface area (Å²) in [6.07, 6.45) is -0.521. The molecule has 0 aliphatic carbocycles. The first kappa shape index (κ1) is 27.3. The molecule has 0 aliphatic heterocycles. The second kappa shape index (κ2) is 13.2. The Balaban J connectivity index is 1.60. The molecule has 0 saturated carbocycles. The fraction of sp³-hybridized carbons (Fsp3) is 0.296. The average molecular weight is 512 g/mol. The van der Waals surface area contributed by atoms with Gasteiger partial charge in [0.05, 0.1) is 30.7 Å². The maximum absolute atomic E-state index is 12.7. The minimum absolute atomic E-state index is 0.0866. The quantitative estimate of drug-likeness (QED) is 0.280.